The van der Waals surface area contributed by atoms with E-state index in [9.17, 15) is 18.3 Å². The highest BCUT2D eigenvalue weighted by Crippen LogP contribution is 2.49. The third kappa shape index (κ3) is 2.42. The molecular weight excluding hydrogens is 365 g/mol. The van der Waals surface area contributed by atoms with Gasteiger partial charge in [-0.05, 0) is 35.4 Å². The minimum atomic E-state index is -4.41. The largest absolute Gasteiger partial charge is 0.416 e. The number of hydrogen-bond donors (Lipinski definition) is 1. The van der Waals surface area contributed by atoms with E-state index in [-0.39, 0.29) is 0 Å². The second-order valence-corrected chi connectivity index (χ2v) is 6.69. The van der Waals surface area contributed by atoms with Crippen molar-refractivity contribution in [2.75, 3.05) is 0 Å². The number of rotatable bonds is 1. The van der Waals surface area contributed by atoms with Crippen molar-refractivity contribution >= 4 is 11.0 Å². The van der Waals surface area contributed by atoms with Crippen LogP contribution in [-0.4, -0.2) is 15.1 Å². The summed E-state index contributed by atoms with van der Waals surface area (Å²) in [6, 6.07) is 15.9. The number of hydrogen-bond acceptors (Lipinski definition) is 3. The number of benzene rings is 2. The van der Waals surface area contributed by atoms with Crippen LogP contribution in [0.5, 0.6) is 0 Å². The van der Waals surface area contributed by atoms with Gasteiger partial charge in [0.05, 0.1) is 22.3 Å². The van der Waals surface area contributed by atoms with Gasteiger partial charge in [-0.3, -0.25) is 4.98 Å². The van der Waals surface area contributed by atoms with E-state index >= 15 is 0 Å². The highest BCUT2D eigenvalue weighted by molar-refractivity contribution is 6.00. The average molecular weight is 378 g/mol. The van der Waals surface area contributed by atoms with Crippen molar-refractivity contribution < 1.29 is 18.3 Å². The molecule has 0 fully saturated rings. The van der Waals surface area contributed by atoms with Crippen LogP contribution in [0.2, 0.25) is 0 Å². The number of nitrogens with zero attached hydrogens (tertiary/aromatic N) is 2. The maximum atomic E-state index is 12.9. The summed E-state index contributed by atoms with van der Waals surface area (Å²) < 4.78 is 38.8. The van der Waals surface area contributed by atoms with Crippen molar-refractivity contribution in [2.24, 2.45) is 0 Å². The van der Waals surface area contributed by atoms with Crippen molar-refractivity contribution in [3.8, 4) is 22.4 Å². The predicted octanol–water partition coefficient (Wildman–Crippen LogP) is 5.38. The van der Waals surface area contributed by atoms with Gasteiger partial charge in [-0.1, -0.05) is 36.4 Å². The summed E-state index contributed by atoms with van der Waals surface area (Å²) in [5.41, 5.74) is 4.51. The van der Waals surface area contributed by atoms with Gasteiger partial charge in [0.1, 0.15) is 6.10 Å². The fraction of sp³-hybridized carbons (Fsp3) is 0.0909. The molecule has 1 aliphatic carbocycles. The van der Waals surface area contributed by atoms with Crippen LogP contribution in [0.3, 0.4) is 0 Å². The maximum absolute atomic E-state index is 12.9. The molecule has 0 saturated carbocycles. The molecule has 2 aromatic heterocycles. The van der Waals surface area contributed by atoms with Gasteiger partial charge in [0, 0.05) is 22.9 Å². The van der Waals surface area contributed by atoms with E-state index in [0.717, 1.165) is 28.8 Å². The van der Waals surface area contributed by atoms with Gasteiger partial charge in [0.2, 0.25) is 0 Å². The second kappa shape index (κ2) is 5.87. The molecule has 138 valence electrons. The van der Waals surface area contributed by atoms with Crippen LogP contribution in [0.4, 0.5) is 13.2 Å². The van der Waals surface area contributed by atoms with Crippen molar-refractivity contribution in [1.82, 2.24) is 9.97 Å². The fourth-order valence-corrected chi connectivity index (χ4v) is 3.80. The number of halogens is 3. The lowest BCUT2D eigenvalue weighted by Crippen LogP contribution is -2.05. The molecule has 0 amide bonds. The summed E-state index contributed by atoms with van der Waals surface area (Å²) in [5.74, 6) is 0. The minimum Gasteiger partial charge on any atom is -0.384 e. The lowest BCUT2D eigenvalue weighted by molar-refractivity contribution is -0.137. The summed E-state index contributed by atoms with van der Waals surface area (Å²) in [4.78, 5) is 9.08. The number of alkyl halides is 3. The Morgan fingerprint density at radius 3 is 2.39 bits per heavy atom. The topological polar surface area (TPSA) is 46.0 Å². The molecule has 2 aromatic carbocycles. The normalized spacial score (nSPS) is 15.5. The molecule has 0 spiro atoms. The Labute approximate surface area is 158 Å². The molecule has 0 bridgehead atoms. The monoisotopic (exact) mass is 378 g/mol. The molecule has 0 saturated heterocycles. The molecule has 6 heteroatoms. The van der Waals surface area contributed by atoms with Crippen molar-refractivity contribution in [1.29, 1.82) is 0 Å². The van der Waals surface area contributed by atoms with Gasteiger partial charge in [-0.25, -0.2) is 4.98 Å². The maximum Gasteiger partial charge on any atom is 0.416 e. The van der Waals surface area contributed by atoms with E-state index in [1.54, 1.807) is 12.3 Å². The van der Waals surface area contributed by atoms with E-state index in [1.807, 2.05) is 30.3 Å². The standard InChI is InChI=1S/C22H13F3N2O/c23-22(24,25)13-9-7-12(8-10-13)19-18-17(20-16(27-19)6-3-11-26-20)14-4-1-2-5-15(14)21(18)28/h1-11,21,28H. The smallest absolute Gasteiger partial charge is 0.384 e. The SMILES string of the molecule is OC1c2ccccc2-c2c1c(-c1ccc(C(F)(F)F)cc1)nc1cccnc21. The Morgan fingerprint density at radius 2 is 1.64 bits per heavy atom. The Kier molecular flexibility index (Phi) is 3.54. The highest BCUT2D eigenvalue weighted by atomic mass is 19.4. The Morgan fingerprint density at radius 1 is 0.893 bits per heavy atom. The number of aliphatic hydroxyl groups excluding tert-OH is 1. The molecule has 0 radical (unpaired) electrons. The summed E-state index contributed by atoms with van der Waals surface area (Å²) in [5, 5.41) is 11.0. The van der Waals surface area contributed by atoms with Crippen molar-refractivity contribution in [2.45, 2.75) is 12.3 Å². The highest BCUT2D eigenvalue weighted by Gasteiger charge is 2.34. The van der Waals surface area contributed by atoms with Crippen LogP contribution in [0, 0.1) is 0 Å². The van der Waals surface area contributed by atoms with Gasteiger partial charge in [0.15, 0.2) is 0 Å². The van der Waals surface area contributed by atoms with Crippen LogP contribution in [0.25, 0.3) is 33.4 Å². The molecular formula is C22H13F3N2O. The summed E-state index contributed by atoms with van der Waals surface area (Å²) in [6.07, 6.45) is -3.66. The molecule has 1 aliphatic rings. The van der Waals surface area contributed by atoms with Gasteiger partial charge in [-0.2, -0.15) is 13.2 Å². The van der Waals surface area contributed by atoms with Crippen molar-refractivity contribution in [3.63, 3.8) is 0 Å². The molecule has 28 heavy (non-hydrogen) atoms. The number of pyridine rings is 2. The van der Waals surface area contributed by atoms with Crippen LogP contribution in [-0.2, 0) is 6.18 Å². The van der Waals surface area contributed by atoms with E-state index in [1.165, 1.54) is 12.1 Å². The van der Waals surface area contributed by atoms with Gasteiger partial charge in [-0.15, -0.1) is 0 Å². The van der Waals surface area contributed by atoms with E-state index in [0.29, 0.717) is 27.9 Å². The lowest BCUT2D eigenvalue weighted by Gasteiger charge is -2.14. The molecule has 2 heterocycles. The molecule has 1 atom stereocenters. The molecule has 0 aliphatic heterocycles. The first-order valence-electron chi connectivity index (χ1n) is 8.69. The molecule has 5 rings (SSSR count). The zero-order chi connectivity index (χ0) is 19.5. The molecule has 1 unspecified atom stereocenters. The predicted molar refractivity (Wildman–Crippen MR) is 99.5 cm³/mol. The lowest BCUT2D eigenvalue weighted by atomic mass is 9.97. The summed E-state index contributed by atoms with van der Waals surface area (Å²) in [7, 11) is 0. The fourth-order valence-electron chi connectivity index (χ4n) is 3.80. The first kappa shape index (κ1) is 16.9. The van der Waals surface area contributed by atoms with Crippen LogP contribution >= 0.6 is 0 Å². The molecule has 1 N–H and O–H groups in total. The first-order valence-corrected chi connectivity index (χ1v) is 8.69. The van der Waals surface area contributed by atoms with Gasteiger partial charge < -0.3 is 5.11 Å². The number of fused-ring (bicyclic) bond motifs is 5. The first-order chi connectivity index (χ1) is 13.4. The Balaban J connectivity index is 1.81. The third-order valence-corrected chi connectivity index (χ3v) is 5.06. The van der Waals surface area contributed by atoms with E-state index in [2.05, 4.69) is 9.97 Å². The zero-order valence-electron chi connectivity index (χ0n) is 14.4. The van der Waals surface area contributed by atoms with E-state index < -0.39 is 17.8 Å². The number of aromatic nitrogens is 2. The van der Waals surface area contributed by atoms with Gasteiger partial charge >= 0.3 is 6.18 Å². The average Bonchev–Trinajstić information content (AvgIpc) is 3.00. The van der Waals surface area contributed by atoms with Crippen molar-refractivity contribution in [3.05, 3.63) is 83.6 Å². The van der Waals surface area contributed by atoms with E-state index in [4.69, 9.17) is 0 Å². The Bertz CT molecular complexity index is 1220. The number of aliphatic hydroxyl groups is 1. The molecule has 4 aromatic rings. The molecule has 3 nitrogen and oxygen atoms in total. The zero-order valence-corrected chi connectivity index (χ0v) is 14.4. The second-order valence-electron chi connectivity index (χ2n) is 6.69. The van der Waals surface area contributed by atoms with Gasteiger partial charge in [0.25, 0.3) is 0 Å². The van der Waals surface area contributed by atoms with Crippen LogP contribution in [0.1, 0.15) is 22.8 Å². The summed E-state index contributed by atoms with van der Waals surface area (Å²) >= 11 is 0. The minimum absolute atomic E-state index is 0.466. The Hall–Kier alpha value is -3.25. The summed E-state index contributed by atoms with van der Waals surface area (Å²) in [6.45, 7) is 0. The van der Waals surface area contributed by atoms with Crippen LogP contribution < -0.4 is 0 Å². The quantitative estimate of drug-likeness (QED) is 0.484. The van der Waals surface area contributed by atoms with Crippen LogP contribution in [0.15, 0.2) is 66.9 Å². The third-order valence-electron chi connectivity index (χ3n) is 5.06.